The van der Waals surface area contributed by atoms with Crippen molar-refractivity contribution in [3.05, 3.63) is 45.5 Å². The van der Waals surface area contributed by atoms with Gasteiger partial charge in [0.25, 0.3) is 0 Å². The van der Waals surface area contributed by atoms with Crippen LogP contribution < -0.4 is 5.73 Å². The van der Waals surface area contributed by atoms with E-state index in [1.165, 1.54) is 22.5 Å². The molecule has 0 fully saturated rings. The number of benzene rings is 1. The standard InChI is InChI=1S/C13H16N2OS/c1-7-4-9(3)10(5-8(7)2)12(16)11-6-15-13(14)17-11/h4-6,12,16H,1-3H3,(H2,14,15). The number of hydrogen-bond donors (Lipinski definition) is 2. The van der Waals surface area contributed by atoms with Crippen LogP contribution >= 0.6 is 11.3 Å². The molecular weight excluding hydrogens is 232 g/mol. The van der Waals surface area contributed by atoms with Crippen molar-refractivity contribution in [3.63, 3.8) is 0 Å². The van der Waals surface area contributed by atoms with E-state index >= 15 is 0 Å². The minimum Gasteiger partial charge on any atom is -0.383 e. The Bertz CT molecular complexity index is 548. The monoisotopic (exact) mass is 248 g/mol. The Hall–Kier alpha value is -1.39. The molecule has 2 aromatic rings. The summed E-state index contributed by atoms with van der Waals surface area (Å²) in [6.07, 6.45) is 1.00. The number of aliphatic hydroxyl groups excluding tert-OH is 1. The number of anilines is 1. The van der Waals surface area contributed by atoms with Crippen molar-refractivity contribution < 1.29 is 5.11 Å². The van der Waals surface area contributed by atoms with Gasteiger partial charge in [0.05, 0.1) is 4.88 Å². The molecule has 2 rings (SSSR count). The lowest BCUT2D eigenvalue weighted by molar-refractivity contribution is 0.223. The maximum Gasteiger partial charge on any atom is 0.180 e. The molecule has 1 aromatic heterocycles. The second-order valence-corrected chi connectivity index (χ2v) is 5.39. The van der Waals surface area contributed by atoms with Gasteiger partial charge in [-0.05, 0) is 43.0 Å². The molecule has 1 unspecified atom stereocenters. The van der Waals surface area contributed by atoms with Gasteiger partial charge in [0.15, 0.2) is 5.13 Å². The fourth-order valence-electron chi connectivity index (χ4n) is 1.86. The molecule has 0 radical (unpaired) electrons. The molecule has 4 heteroatoms. The second kappa shape index (κ2) is 4.47. The van der Waals surface area contributed by atoms with Gasteiger partial charge in [0.1, 0.15) is 6.10 Å². The fraction of sp³-hybridized carbons (Fsp3) is 0.308. The highest BCUT2D eigenvalue weighted by Gasteiger charge is 2.16. The topological polar surface area (TPSA) is 59.1 Å². The highest BCUT2D eigenvalue weighted by atomic mass is 32.1. The maximum absolute atomic E-state index is 10.3. The number of nitrogens with two attached hydrogens (primary N) is 1. The third kappa shape index (κ3) is 2.33. The van der Waals surface area contributed by atoms with Crippen LogP contribution in [0.4, 0.5) is 5.13 Å². The van der Waals surface area contributed by atoms with Crippen LogP contribution in [0.2, 0.25) is 0 Å². The molecule has 1 atom stereocenters. The first-order valence-corrected chi connectivity index (χ1v) is 6.27. The van der Waals surface area contributed by atoms with Gasteiger partial charge < -0.3 is 10.8 Å². The summed E-state index contributed by atoms with van der Waals surface area (Å²) in [5.74, 6) is 0. The van der Waals surface area contributed by atoms with E-state index in [0.717, 1.165) is 16.0 Å². The molecule has 3 nitrogen and oxygen atoms in total. The summed E-state index contributed by atoms with van der Waals surface area (Å²) < 4.78 is 0. The second-order valence-electron chi connectivity index (χ2n) is 4.30. The molecule has 1 aromatic carbocycles. The quantitative estimate of drug-likeness (QED) is 0.859. The van der Waals surface area contributed by atoms with E-state index in [1.807, 2.05) is 19.9 Å². The Morgan fingerprint density at radius 3 is 2.41 bits per heavy atom. The average Bonchev–Trinajstić information content (AvgIpc) is 2.69. The fourth-order valence-corrected chi connectivity index (χ4v) is 2.55. The number of rotatable bonds is 2. The van der Waals surface area contributed by atoms with Gasteiger partial charge >= 0.3 is 0 Å². The van der Waals surface area contributed by atoms with Gasteiger partial charge in [-0.15, -0.1) is 0 Å². The number of nitrogen functional groups attached to an aromatic ring is 1. The van der Waals surface area contributed by atoms with E-state index in [2.05, 4.69) is 18.0 Å². The van der Waals surface area contributed by atoms with Gasteiger partial charge in [-0.1, -0.05) is 23.5 Å². The zero-order chi connectivity index (χ0) is 12.6. The van der Waals surface area contributed by atoms with Crippen molar-refractivity contribution in [1.29, 1.82) is 0 Å². The van der Waals surface area contributed by atoms with Crippen molar-refractivity contribution in [2.24, 2.45) is 0 Å². The summed E-state index contributed by atoms with van der Waals surface area (Å²) in [5.41, 5.74) is 10.0. The molecule has 0 aliphatic heterocycles. The van der Waals surface area contributed by atoms with E-state index in [0.29, 0.717) is 5.13 Å². The van der Waals surface area contributed by atoms with Crippen LogP contribution in [-0.4, -0.2) is 10.1 Å². The molecule has 0 spiro atoms. The molecule has 0 bridgehead atoms. The molecule has 0 saturated carbocycles. The minimum absolute atomic E-state index is 0.487. The normalized spacial score (nSPS) is 12.7. The van der Waals surface area contributed by atoms with Crippen LogP contribution in [-0.2, 0) is 0 Å². The number of aryl methyl sites for hydroxylation is 3. The van der Waals surface area contributed by atoms with E-state index < -0.39 is 6.10 Å². The van der Waals surface area contributed by atoms with Crippen molar-refractivity contribution in [2.75, 3.05) is 5.73 Å². The smallest absolute Gasteiger partial charge is 0.180 e. The van der Waals surface area contributed by atoms with Crippen molar-refractivity contribution in [3.8, 4) is 0 Å². The van der Waals surface area contributed by atoms with Crippen molar-refractivity contribution in [1.82, 2.24) is 4.98 Å². The first-order valence-electron chi connectivity index (χ1n) is 5.46. The largest absolute Gasteiger partial charge is 0.383 e. The number of thiazole rings is 1. The SMILES string of the molecule is Cc1cc(C)c(C(O)c2cnc(N)s2)cc1C. The summed E-state index contributed by atoms with van der Waals surface area (Å²) in [6.45, 7) is 6.13. The molecular formula is C13H16N2OS. The van der Waals surface area contributed by atoms with E-state index in [9.17, 15) is 5.11 Å². The summed E-state index contributed by atoms with van der Waals surface area (Å²) in [5, 5.41) is 10.8. The first kappa shape index (κ1) is 12.1. The lowest BCUT2D eigenvalue weighted by Gasteiger charge is -2.14. The van der Waals surface area contributed by atoms with E-state index in [4.69, 9.17) is 5.73 Å². The molecule has 1 heterocycles. The lowest BCUT2D eigenvalue weighted by atomic mass is 9.97. The lowest BCUT2D eigenvalue weighted by Crippen LogP contribution is -2.01. The number of nitrogens with zero attached hydrogens (tertiary/aromatic N) is 1. The molecule has 0 saturated heterocycles. The van der Waals surface area contributed by atoms with E-state index in [1.54, 1.807) is 6.20 Å². The van der Waals surface area contributed by atoms with Gasteiger partial charge in [0, 0.05) is 6.20 Å². The molecule has 17 heavy (non-hydrogen) atoms. The summed E-state index contributed by atoms with van der Waals surface area (Å²) in [4.78, 5) is 4.76. The Morgan fingerprint density at radius 1 is 1.18 bits per heavy atom. The van der Waals surface area contributed by atoms with Crippen LogP contribution in [0, 0.1) is 20.8 Å². The van der Waals surface area contributed by atoms with Crippen LogP contribution in [0.5, 0.6) is 0 Å². The predicted molar refractivity (Wildman–Crippen MR) is 71.2 cm³/mol. The molecule has 0 aliphatic rings. The summed E-state index contributed by atoms with van der Waals surface area (Å²) in [7, 11) is 0. The third-order valence-corrected chi connectivity index (χ3v) is 3.87. The van der Waals surface area contributed by atoms with Crippen LogP contribution in [0.3, 0.4) is 0 Å². The zero-order valence-corrected chi connectivity index (χ0v) is 11.0. The zero-order valence-electron chi connectivity index (χ0n) is 10.2. The van der Waals surface area contributed by atoms with Gasteiger partial charge in [-0.25, -0.2) is 4.98 Å². The van der Waals surface area contributed by atoms with Crippen molar-refractivity contribution >= 4 is 16.5 Å². The average molecular weight is 248 g/mol. The maximum atomic E-state index is 10.3. The Labute approximate surface area is 105 Å². The number of hydrogen-bond acceptors (Lipinski definition) is 4. The van der Waals surface area contributed by atoms with Gasteiger partial charge in [-0.2, -0.15) is 0 Å². The van der Waals surface area contributed by atoms with Gasteiger partial charge in [-0.3, -0.25) is 0 Å². The third-order valence-electron chi connectivity index (χ3n) is 2.99. The Balaban J connectivity index is 2.43. The number of aromatic nitrogens is 1. The Morgan fingerprint density at radius 2 is 1.82 bits per heavy atom. The van der Waals surface area contributed by atoms with Gasteiger partial charge in [0.2, 0.25) is 0 Å². The highest BCUT2D eigenvalue weighted by molar-refractivity contribution is 7.15. The van der Waals surface area contributed by atoms with Crippen LogP contribution in [0.15, 0.2) is 18.3 Å². The highest BCUT2D eigenvalue weighted by Crippen LogP contribution is 2.30. The summed E-state index contributed by atoms with van der Waals surface area (Å²) >= 11 is 1.33. The first-order chi connectivity index (χ1) is 7.99. The number of aliphatic hydroxyl groups is 1. The minimum atomic E-state index is -0.635. The van der Waals surface area contributed by atoms with E-state index in [-0.39, 0.29) is 0 Å². The molecule has 3 N–H and O–H groups in total. The van der Waals surface area contributed by atoms with Crippen LogP contribution in [0.1, 0.15) is 33.2 Å². The van der Waals surface area contributed by atoms with Crippen molar-refractivity contribution in [2.45, 2.75) is 26.9 Å². The Kier molecular flexibility index (Phi) is 3.17. The predicted octanol–water partition coefficient (Wildman–Crippen LogP) is 2.73. The van der Waals surface area contributed by atoms with Crippen LogP contribution in [0.25, 0.3) is 0 Å². The molecule has 0 amide bonds. The molecule has 0 aliphatic carbocycles. The summed E-state index contributed by atoms with van der Waals surface area (Å²) in [6, 6.07) is 4.13. The molecule has 90 valence electrons.